The molecule has 1 aromatic heterocycles. The zero-order valence-electron chi connectivity index (χ0n) is 10.1. The molecular formula is C12H21N3S. The summed E-state index contributed by atoms with van der Waals surface area (Å²) >= 11 is 1.77. The molecule has 0 saturated heterocycles. The van der Waals surface area contributed by atoms with E-state index in [2.05, 4.69) is 41.7 Å². The molecule has 0 bridgehead atoms. The van der Waals surface area contributed by atoms with Crippen molar-refractivity contribution in [2.45, 2.75) is 32.6 Å². The lowest BCUT2D eigenvalue weighted by molar-refractivity contribution is 0.738. The summed E-state index contributed by atoms with van der Waals surface area (Å²) in [6.07, 6.45) is 2.31. The second-order valence-corrected chi connectivity index (χ2v) is 4.90. The van der Waals surface area contributed by atoms with Gasteiger partial charge in [-0.2, -0.15) is 0 Å². The first kappa shape index (κ1) is 13.0. The molecule has 0 saturated carbocycles. The van der Waals surface area contributed by atoms with E-state index in [0.717, 1.165) is 19.5 Å². The van der Waals surface area contributed by atoms with Gasteiger partial charge in [-0.1, -0.05) is 26.3 Å². The lowest BCUT2D eigenvalue weighted by atomic mass is 10.1. The lowest BCUT2D eigenvalue weighted by Gasteiger charge is -2.08. The Kier molecular flexibility index (Phi) is 5.93. The Balaban J connectivity index is 2.29. The van der Waals surface area contributed by atoms with E-state index in [1.165, 1.54) is 11.3 Å². The summed E-state index contributed by atoms with van der Waals surface area (Å²) in [5.74, 6) is 1.02. The van der Waals surface area contributed by atoms with E-state index in [-0.39, 0.29) is 0 Å². The van der Waals surface area contributed by atoms with Crippen LogP contribution in [0.3, 0.4) is 0 Å². The summed E-state index contributed by atoms with van der Waals surface area (Å²) in [4.78, 5) is 5.71. The van der Waals surface area contributed by atoms with Crippen molar-refractivity contribution in [2.24, 2.45) is 10.7 Å². The maximum absolute atomic E-state index is 5.76. The topological polar surface area (TPSA) is 50.4 Å². The number of aliphatic imine (C=N–C) groups is 1. The first-order chi connectivity index (χ1) is 7.74. The predicted molar refractivity (Wildman–Crippen MR) is 72.1 cm³/mol. The number of nitrogens with one attached hydrogen (secondary N) is 1. The largest absolute Gasteiger partial charge is 0.370 e. The quantitative estimate of drug-likeness (QED) is 0.455. The summed E-state index contributed by atoms with van der Waals surface area (Å²) < 4.78 is 0. The van der Waals surface area contributed by atoms with Gasteiger partial charge in [-0.3, -0.25) is 4.99 Å². The number of thiophene rings is 1. The highest BCUT2D eigenvalue weighted by molar-refractivity contribution is 7.10. The third-order valence-corrected chi connectivity index (χ3v) is 3.50. The van der Waals surface area contributed by atoms with Crippen molar-refractivity contribution < 1.29 is 0 Å². The Morgan fingerprint density at radius 3 is 3.06 bits per heavy atom. The molecule has 0 aromatic carbocycles. The van der Waals surface area contributed by atoms with Crippen molar-refractivity contribution in [1.82, 2.24) is 5.32 Å². The summed E-state index contributed by atoms with van der Waals surface area (Å²) in [6.45, 7) is 6.01. The molecule has 0 aliphatic rings. The zero-order valence-corrected chi connectivity index (χ0v) is 10.9. The smallest absolute Gasteiger partial charge is 0.188 e. The second-order valence-electron chi connectivity index (χ2n) is 3.92. The van der Waals surface area contributed by atoms with Gasteiger partial charge in [0.05, 0.1) is 6.54 Å². The van der Waals surface area contributed by atoms with E-state index in [4.69, 9.17) is 5.73 Å². The van der Waals surface area contributed by atoms with Crippen LogP contribution in [0.15, 0.2) is 22.5 Å². The minimum Gasteiger partial charge on any atom is -0.370 e. The average Bonchev–Trinajstić information content (AvgIpc) is 2.79. The van der Waals surface area contributed by atoms with E-state index in [9.17, 15) is 0 Å². The van der Waals surface area contributed by atoms with Crippen molar-refractivity contribution >= 4 is 17.3 Å². The van der Waals surface area contributed by atoms with E-state index >= 15 is 0 Å². The molecule has 1 atom stereocenters. The molecular weight excluding hydrogens is 218 g/mol. The molecule has 3 nitrogen and oxygen atoms in total. The van der Waals surface area contributed by atoms with Crippen LogP contribution in [-0.4, -0.2) is 19.0 Å². The molecule has 3 N–H and O–H groups in total. The molecule has 0 amide bonds. The van der Waals surface area contributed by atoms with Crippen LogP contribution in [0.25, 0.3) is 0 Å². The average molecular weight is 239 g/mol. The van der Waals surface area contributed by atoms with Crippen molar-refractivity contribution in [3.05, 3.63) is 22.4 Å². The third-order valence-electron chi connectivity index (χ3n) is 2.40. The van der Waals surface area contributed by atoms with E-state index in [1.807, 2.05) is 0 Å². The summed E-state index contributed by atoms with van der Waals surface area (Å²) in [7, 11) is 0. The van der Waals surface area contributed by atoms with Gasteiger partial charge in [0.2, 0.25) is 0 Å². The molecule has 16 heavy (non-hydrogen) atoms. The highest BCUT2D eigenvalue weighted by Crippen LogP contribution is 2.20. The summed E-state index contributed by atoms with van der Waals surface area (Å²) in [5, 5.41) is 5.21. The van der Waals surface area contributed by atoms with Gasteiger partial charge in [0.25, 0.3) is 0 Å². The number of hydrogen-bond donors (Lipinski definition) is 2. The van der Waals surface area contributed by atoms with Gasteiger partial charge in [0.1, 0.15) is 0 Å². The maximum Gasteiger partial charge on any atom is 0.188 e. The maximum atomic E-state index is 5.76. The Hall–Kier alpha value is -1.03. The highest BCUT2D eigenvalue weighted by Gasteiger charge is 2.05. The molecule has 4 heteroatoms. The summed E-state index contributed by atoms with van der Waals surface area (Å²) in [5.41, 5.74) is 5.76. The fourth-order valence-corrected chi connectivity index (χ4v) is 2.12. The third kappa shape index (κ3) is 4.66. The van der Waals surface area contributed by atoms with Crippen LogP contribution in [0.1, 0.15) is 37.5 Å². The fraction of sp³-hybridized carbons (Fsp3) is 0.583. The van der Waals surface area contributed by atoms with E-state index in [0.29, 0.717) is 11.9 Å². The van der Waals surface area contributed by atoms with Crippen LogP contribution in [0.4, 0.5) is 0 Å². The SMILES string of the molecule is CCCCNC(N)=NCC(C)c1cccs1. The highest BCUT2D eigenvalue weighted by atomic mass is 32.1. The van der Waals surface area contributed by atoms with Crippen LogP contribution >= 0.6 is 11.3 Å². The minimum atomic E-state index is 0.450. The van der Waals surface area contributed by atoms with Gasteiger partial charge in [0.15, 0.2) is 5.96 Å². The predicted octanol–water partition coefficient (Wildman–Crippen LogP) is 2.56. The number of hydrogen-bond acceptors (Lipinski definition) is 2. The van der Waals surface area contributed by atoms with E-state index < -0.39 is 0 Å². The van der Waals surface area contributed by atoms with Gasteiger partial charge < -0.3 is 11.1 Å². The minimum absolute atomic E-state index is 0.450. The Labute approximate surface area is 102 Å². The van der Waals surface area contributed by atoms with Gasteiger partial charge in [0, 0.05) is 17.3 Å². The van der Waals surface area contributed by atoms with Crippen LogP contribution in [0.2, 0.25) is 0 Å². The van der Waals surface area contributed by atoms with Gasteiger partial charge >= 0.3 is 0 Å². The Bertz CT molecular complexity index is 306. The molecule has 0 radical (unpaired) electrons. The molecule has 1 heterocycles. The van der Waals surface area contributed by atoms with Crippen molar-refractivity contribution in [3.63, 3.8) is 0 Å². The molecule has 90 valence electrons. The second kappa shape index (κ2) is 7.28. The Morgan fingerprint density at radius 1 is 1.62 bits per heavy atom. The number of guanidine groups is 1. The molecule has 0 aliphatic carbocycles. The van der Waals surface area contributed by atoms with Crippen molar-refractivity contribution in [2.75, 3.05) is 13.1 Å². The summed E-state index contributed by atoms with van der Waals surface area (Å²) in [6, 6.07) is 4.22. The van der Waals surface area contributed by atoms with E-state index in [1.54, 1.807) is 11.3 Å². The van der Waals surface area contributed by atoms with Crippen LogP contribution < -0.4 is 11.1 Å². The molecule has 0 fully saturated rings. The van der Waals surface area contributed by atoms with Crippen molar-refractivity contribution in [1.29, 1.82) is 0 Å². The first-order valence-electron chi connectivity index (χ1n) is 5.81. The lowest BCUT2D eigenvalue weighted by Crippen LogP contribution is -2.32. The zero-order chi connectivity index (χ0) is 11.8. The number of rotatable bonds is 6. The van der Waals surface area contributed by atoms with Gasteiger partial charge in [-0.15, -0.1) is 11.3 Å². The molecule has 1 rings (SSSR count). The number of nitrogens with two attached hydrogens (primary N) is 1. The van der Waals surface area contributed by atoms with Crippen LogP contribution in [0.5, 0.6) is 0 Å². The fourth-order valence-electron chi connectivity index (χ4n) is 1.35. The molecule has 0 spiro atoms. The normalized spacial score (nSPS) is 13.8. The monoisotopic (exact) mass is 239 g/mol. The molecule has 1 unspecified atom stereocenters. The van der Waals surface area contributed by atoms with Crippen LogP contribution in [-0.2, 0) is 0 Å². The van der Waals surface area contributed by atoms with Gasteiger partial charge in [-0.25, -0.2) is 0 Å². The number of nitrogens with zero attached hydrogens (tertiary/aromatic N) is 1. The molecule has 0 aliphatic heterocycles. The van der Waals surface area contributed by atoms with Crippen molar-refractivity contribution in [3.8, 4) is 0 Å². The standard InChI is InChI=1S/C12H21N3S/c1-3-4-7-14-12(13)15-9-10(2)11-6-5-8-16-11/h5-6,8,10H,3-4,7,9H2,1-2H3,(H3,13,14,15). The van der Waals surface area contributed by atoms with Crippen LogP contribution in [0, 0.1) is 0 Å². The first-order valence-corrected chi connectivity index (χ1v) is 6.69. The van der Waals surface area contributed by atoms with Gasteiger partial charge in [-0.05, 0) is 17.9 Å². The Morgan fingerprint density at radius 2 is 2.44 bits per heavy atom. The number of unbranched alkanes of at least 4 members (excludes halogenated alkanes) is 1. The molecule has 1 aromatic rings.